The fourth-order valence-corrected chi connectivity index (χ4v) is 3.63. The summed E-state index contributed by atoms with van der Waals surface area (Å²) in [6.07, 6.45) is -9.81. The molecule has 0 unspecified atom stereocenters. The van der Waals surface area contributed by atoms with E-state index in [2.05, 4.69) is 5.32 Å². The normalized spacial score (nSPS) is 11.9. The van der Waals surface area contributed by atoms with Crippen molar-refractivity contribution in [3.05, 3.63) is 92.3 Å². The molecule has 204 valence electrons. The van der Waals surface area contributed by atoms with Crippen LogP contribution in [0.1, 0.15) is 11.3 Å². The number of anilines is 1. The van der Waals surface area contributed by atoms with Crippen LogP contribution < -0.4 is 20.2 Å². The number of para-hydroxylation sites is 1. The molecule has 0 saturated heterocycles. The van der Waals surface area contributed by atoms with Crippen LogP contribution in [0.5, 0.6) is 17.2 Å². The fourth-order valence-electron chi connectivity index (χ4n) is 3.30. The lowest BCUT2D eigenvalue weighted by Crippen LogP contribution is -2.21. The molecule has 0 radical (unpaired) electrons. The third-order valence-corrected chi connectivity index (χ3v) is 5.71. The summed E-state index contributed by atoms with van der Waals surface area (Å²) in [5.41, 5.74) is -3.05. The van der Waals surface area contributed by atoms with Gasteiger partial charge in [-0.1, -0.05) is 35.3 Å². The summed E-state index contributed by atoms with van der Waals surface area (Å²) < 4.78 is 95.4. The molecule has 1 N–H and O–H groups in total. The van der Waals surface area contributed by atoms with Crippen molar-refractivity contribution in [2.24, 2.45) is 0 Å². The molecular weight excluding hydrogens is 579 g/mol. The first-order valence-corrected chi connectivity index (χ1v) is 11.4. The van der Waals surface area contributed by atoms with Gasteiger partial charge in [-0.2, -0.15) is 26.3 Å². The second-order valence-corrected chi connectivity index (χ2v) is 8.62. The average Bonchev–Trinajstić information content (AvgIpc) is 2.85. The second-order valence-electron chi connectivity index (χ2n) is 7.81. The maximum Gasteiger partial charge on any atom is 0.453 e. The lowest BCUT2D eigenvalue weighted by molar-refractivity contribution is -0.154. The minimum Gasteiger partial charge on any atom is -0.484 e. The van der Waals surface area contributed by atoms with Gasteiger partial charge in [-0.05, 0) is 42.5 Å². The standard InChI is InChI=1S/C25H13Cl2F6NO5/c26-15-8-5-12(24(28,29)30)9-17(15)34-20(35)11-37-13-6-7-14-19(10-13)39-23(25(31,32)33)22(21(14)36)38-18-4-2-1-3-16(18)27/h1-10H,11H2,(H,34,35). The monoisotopic (exact) mass is 591 g/mol. The summed E-state index contributed by atoms with van der Waals surface area (Å²) in [7, 11) is 0. The Hall–Kier alpha value is -3.90. The summed E-state index contributed by atoms with van der Waals surface area (Å²) in [5.74, 6) is -4.16. The molecule has 1 aromatic heterocycles. The van der Waals surface area contributed by atoms with Crippen molar-refractivity contribution < 1.29 is 45.0 Å². The van der Waals surface area contributed by atoms with Crippen molar-refractivity contribution in [1.82, 2.24) is 0 Å². The number of alkyl halides is 6. The van der Waals surface area contributed by atoms with E-state index in [1.165, 1.54) is 30.3 Å². The van der Waals surface area contributed by atoms with E-state index in [0.717, 1.165) is 24.3 Å². The van der Waals surface area contributed by atoms with Gasteiger partial charge in [-0.25, -0.2) is 0 Å². The highest BCUT2D eigenvalue weighted by Gasteiger charge is 2.40. The second kappa shape index (κ2) is 10.7. The quantitative estimate of drug-likeness (QED) is 0.230. The summed E-state index contributed by atoms with van der Waals surface area (Å²) in [6, 6.07) is 11.1. The van der Waals surface area contributed by atoms with Gasteiger partial charge < -0.3 is 19.2 Å². The Kier molecular flexibility index (Phi) is 7.71. The predicted octanol–water partition coefficient (Wildman–Crippen LogP) is 7.95. The van der Waals surface area contributed by atoms with Gasteiger partial charge in [0, 0.05) is 6.07 Å². The van der Waals surface area contributed by atoms with Gasteiger partial charge in [0.15, 0.2) is 6.61 Å². The van der Waals surface area contributed by atoms with Crippen LogP contribution in [0.3, 0.4) is 0 Å². The largest absolute Gasteiger partial charge is 0.484 e. The number of nitrogens with one attached hydrogen (secondary N) is 1. The van der Waals surface area contributed by atoms with E-state index < -0.39 is 53.0 Å². The molecule has 3 aromatic carbocycles. The van der Waals surface area contributed by atoms with Crippen LogP contribution >= 0.6 is 23.2 Å². The van der Waals surface area contributed by atoms with Gasteiger partial charge in [0.05, 0.1) is 26.7 Å². The Morgan fingerprint density at radius 3 is 2.28 bits per heavy atom. The SMILES string of the molecule is O=C(COc1ccc2c(=O)c(Oc3ccccc3Cl)c(C(F)(F)F)oc2c1)Nc1cc(C(F)(F)F)ccc1Cl. The number of ether oxygens (including phenoxy) is 2. The zero-order valence-electron chi connectivity index (χ0n) is 19.0. The smallest absolute Gasteiger partial charge is 0.453 e. The molecule has 0 saturated carbocycles. The van der Waals surface area contributed by atoms with E-state index in [1.54, 1.807) is 0 Å². The molecule has 39 heavy (non-hydrogen) atoms. The molecule has 0 spiro atoms. The first kappa shape index (κ1) is 28.1. The highest BCUT2D eigenvalue weighted by atomic mass is 35.5. The molecule has 0 aliphatic carbocycles. The number of carbonyl (C=O) groups is 1. The Bertz CT molecular complexity index is 1620. The Labute approximate surface area is 224 Å². The van der Waals surface area contributed by atoms with E-state index in [0.29, 0.717) is 6.07 Å². The molecule has 14 heteroatoms. The van der Waals surface area contributed by atoms with Gasteiger partial charge in [0.1, 0.15) is 17.1 Å². The minimum absolute atomic E-state index is 0.0430. The number of rotatable bonds is 6. The molecule has 0 fully saturated rings. The van der Waals surface area contributed by atoms with Crippen LogP contribution in [0.25, 0.3) is 11.0 Å². The van der Waals surface area contributed by atoms with Crippen molar-refractivity contribution in [2.45, 2.75) is 12.4 Å². The topological polar surface area (TPSA) is 77.8 Å². The fraction of sp³-hybridized carbons (Fsp3) is 0.120. The molecular formula is C25H13Cl2F6NO5. The van der Waals surface area contributed by atoms with E-state index in [1.807, 2.05) is 0 Å². The van der Waals surface area contributed by atoms with Gasteiger partial charge in [-0.3, -0.25) is 9.59 Å². The maximum atomic E-state index is 13.7. The molecule has 0 aliphatic heterocycles. The third-order valence-electron chi connectivity index (χ3n) is 5.07. The zero-order chi connectivity index (χ0) is 28.5. The number of halogens is 8. The highest BCUT2D eigenvalue weighted by molar-refractivity contribution is 6.33. The molecule has 1 amide bonds. The number of carbonyl (C=O) groups excluding carboxylic acids is 1. The molecule has 4 rings (SSSR count). The molecule has 0 atom stereocenters. The van der Waals surface area contributed by atoms with Gasteiger partial charge in [-0.15, -0.1) is 0 Å². The van der Waals surface area contributed by atoms with Crippen molar-refractivity contribution >= 4 is 45.8 Å². The van der Waals surface area contributed by atoms with Crippen molar-refractivity contribution in [3.8, 4) is 17.2 Å². The summed E-state index contributed by atoms with van der Waals surface area (Å²) >= 11 is 11.8. The van der Waals surface area contributed by atoms with Crippen LogP contribution in [0.15, 0.2) is 69.9 Å². The Morgan fingerprint density at radius 2 is 1.62 bits per heavy atom. The van der Waals surface area contributed by atoms with E-state index in [9.17, 15) is 35.9 Å². The maximum absolute atomic E-state index is 13.7. The third kappa shape index (κ3) is 6.40. The van der Waals surface area contributed by atoms with Crippen LogP contribution in [0.4, 0.5) is 32.0 Å². The molecule has 0 bridgehead atoms. The first-order chi connectivity index (χ1) is 18.2. The Morgan fingerprint density at radius 1 is 0.897 bits per heavy atom. The highest BCUT2D eigenvalue weighted by Crippen LogP contribution is 2.40. The number of benzene rings is 3. The van der Waals surface area contributed by atoms with Crippen molar-refractivity contribution in [1.29, 1.82) is 0 Å². The predicted molar refractivity (Wildman–Crippen MR) is 130 cm³/mol. The molecule has 0 aliphatic rings. The summed E-state index contributed by atoms with van der Waals surface area (Å²) in [5, 5.41) is 1.65. The number of fused-ring (bicyclic) bond motifs is 1. The number of hydrogen-bond acceptors (Lipinski definition) is 5. The number of hydrogen-bond donors (Lipinski definition) is 1. The van der Waals surface area contributed by atoms with Crippen LogP contribution in [0.2, 0.25) is 10.0 Å². The molecule has 1 heterocycles. The van der Waals surface area contributed by atoms with Crippen LogP contribution in [-0.2, 0) is 17.1 Å². The van der Waals surface area contributed by atoms with Gasteiger partial charge in [0.2, 0.25) is 11.2 Å². The van der Waals surface area contributed by atoms with Gasteiger partial charge >= 0.3 is 12.4 Å². The number of amides is 1. The molecule has 4 aromatic rings. The lowest BCUT2D eigenvalue weighted by Gasteiger charge is -2.14. The van der Waals surface area contributed by atoms with Crippen LogP contribution in [0, 0.1) is 0 Å². The summed E-state index contributed by atoms with van der Waals surface area (Å²) in [6.45, 7) is -0.762. The van der Waals surface area contributed by atoms with E-state index >= 15 is 0 Å². The van der Waals surface area contributed by atoms with E-state index in [4.69, 9.17) is 37.1 Å². The Balaban J connectivity index is 1.58. The van der Waals surface area contributed by atoms with Crippen molar-refractivity contribution in [3.63, 3.8) is 0 Å². The van der Waals surface area contributed by atoms with Gasteiger partial charge in [0.25, 0.3) is 11.7 Å². The minimum atomic E-state index is -5.13. The average molecular weight is 592 g/mol. The molecule has 6 nitrogen and oxygen atoms in total. The lowest BCUT2D eigenvalue weighted by atomic mass is 10.2. The first-order valence-electron chi connectivity index (χ1n) is 10.6. The van der Waals surface area contributed by atoms with E-state index in [-0.39, 0.29) is 32.6 Å². The summed E-state index contributed by atoms with van der Waals surface area (Å²) in [4.78, 5) is 25.1. The van der Waals surface area contributed by atoms with Crippen molar-refractivity contribution in [2.75, 3.05) is 11.9 Å². The zero-order valence-corrected chi connectivity index (χ0v) is 20.6. The van der Waals surface area contributed by atoms with Crippen LogP contribution in [-0.4, -0.2) is 12.5 Å².